The highest BCUT2D eigenvalue weighted by molar-refractivity contribution is 7.12. The summed E-state index contributed by atoms with van der Waals surface area (Å²) in [5.41, 5.74) is 0.572. The monoisotopic (exact) mass is 584 g/mol. The van der Waals surface area contributed by atoms with E-state index in [9.17, 15) is 28.9 Å². The molecule has 0 radical (unpaired) electrons. The van der Waals surface area contributed by atoms with Crippen molar-refractivity contribution >= 4 is 56.5 Å². The van der Waals surface area contributed by atoms with E-state index < -0.39 is 23.2 Å². The van der Waals surface area contributed by atoms with Crippen LogP contribution in [0.5, 0.6) is 0 Å². The van der Waals surface area contributed by atoms with Crippen LogP contribution in [0.2, 0.25) is 0 Å². The van der Waals surface area contributed by atoms with E-state index in [-0.39, 0.29) is 55.9 Å². The molecule has 6 nitrogen and oxygen atoms in total. The summed E-state index contributed by atoms with van der Waals surface area (Å²) in [5, 5.41) is 19.2. The third-order valence-corrected chi connectivity index (χ3v) is 9.20. The number of halogens is 2. The number of hydrogen-bond acceptors (Lipinski definition) is 6. The van der Waals surface area contributed by atoms with Gasteiger partial charge in [0, 0.05) is 51.5 Å². The van der Waals surface area contributed by atoms with Crippen LogP contribution >= 0.6 is 22.7 Å². The smallest absolute Gasteiger partial charge is 0.270 e. The van der Waals surface area contributed by atoms with Crippen molar-refractivity contribution in [2.75, 3.05) is 0 Å². The second-order valence-corrected chi connectivity index (χ2v) is 11.2. The van der Waals surface area contributed by atoms with Crippen molar-refractivity contribution in [2.45, 2.75) is 0 Å². The van der Waals surface area contributed by atoms with Crippen LogP contribution in [0.1, 0.15) is 31.8 Å². The zero-order valence-corrected chi connectivity index (χ0v) is 22.6. The number of fused-ring (bicyclic) bond motifs is 2. The van der Waals surface area contributed by atoms with Crippen molar-refractivity contribution in [3.05, 3.63) is 147 Å². The summed E-state index contributed by atoms with van der Waals surface area (Å²) in [6, 6.07) is 17.7. The first-order valence-corrected chi connectivity index (χ1v) is 13.6. The van der Waals surface area contributed by atoms with E-state index in [0.717, 1.165) is 24.3 Å². The SMILES string of the molecule is [C-]#[N+]/C(C#N)=C1\C(=c2\cc/c(=c3/cc/c(=C4\C(=O)c5ccc(F)cc5\C4=C(\C#N)[N+]#[C-])s3)s2)C(=O)c2ccc(F)cc21. The van der Waals surface area contributed by atoms with Gasteiger partial charge in [-0.05, 0) is 71.8 Å². The molecule has 0 N–H and O–H groups in total. The minimum Gasteiger partial charge on any atom is -0.289 e. The second kappa shape index (κ2) is 10.0. The topological polar surface area (TPSA) is 90.4 Å². The lowest BCUT2D eigenvalue weighted by molar-refractivity contribution is 0.105. The predicted molar refractivity (Wildman–Crippen MR) is 152 cm³/mol. The zero-order chi connectivity index (χ0) is 29.7. The number of allylic oxidation sites excluding steroid dienone is 4. The number of hydrogen-bond donors (Lipinski definition) is 0. The molecule has 0 atom stereocenters. The van der Waals surface area contributed by atoms with Crippen LogP contribution in [-0.4, -0.2) is 11.6 Å². The van der Waals surface area contributed by atoms with E-state index in [4.69, 9.17) is 13.1 Å². The van der Waals surface area contributed by atoms with Crippen molar-refractivity contribution in [3.63, 3.8) is 0 Å². The molecular formula is C32H10F2N4O2S2. The van der Waals surface area contributed by atoms with E-state index in [1.165, 1.54) is 34.8 Å². The number of thiophene rings is 2. The minimum atomic E-state index is -0.601. The molecule has 2 aliphatic rings. The van der Waals surface area contributed by atoms with Crippen LogP contribution in [0.4, 0.5) is 8.78 Å². The summed E-state index contributed by atoms with van der Waals surface area (Å²) in [7, 11) is 0. The molecule has 0 bridgehead atoms. The zero-order valence-electron chi connectivity index (χ0n) is 21.0. The fourth-order valence-electron chi connectivity index (χ4n) is 5.05. The first-order valence-electron chi connectivity index (χ1n) is 12.0. The van der Waals surface area contributed by atoms with Gasteiger partial charge in [-0.15, -0.1) is 22.7 Å². The quantitative estimate of drug-likeness (QED) is 0.194. The maximum atomic E-state index is 14.1. The number of carbonyl (C=O) groups excluding carboxylic acids is 2. The van der Waals surface area contributed by atoms with Gasteiger partial charge < -0.3 is 0 Å². The largest absolute Gasteiger partial charge is 0.289 e. The molecule has 4 aromatic rings. The molecule has 0 saturated heterocycles. The van der Waals surface area contributed by atoms with Crippen molar-refractivity contribution in [1.82, 2.24) is 0 Å². The molecule has 0 aliphatic heterocycles. The number of rotatable bonds is 0. The molecule has 2 aromatic carbocycles. The summed E-state index contributed by atoms with van der Waals surface area (Å²) in [6.45, 7) is 14.9. The number of nitriles is 2. The molecule has 42 heavy (non-hydrogen) atoms. The number of ketones is 2. The van der Waals surface area contributed by atoms with Crippen LogP contribution in [0, 0.1) is 56.5 Å². The number of carbonyl (C=O) groups is 2. The Morgan fingerprint density at radius 2 is 1.00 bits per heavy atom. The Bertz CT molecular complexity index is 2220. The van der Waals surface area contributed by atoms with E-state index in [0.29, 0.717) is 18.1 Å². The first kappa shape index (κ1) is 26.4. The third-order valence-electron chi connectivity index (χ3n) is 6.80. The van der Waals surface area contributed by atoms with Crippen molar-refractivity contribution < 1.29 is 18.4 Å². The molecule has 196 valence electrons. The Morgan fingerprint density at radius 1 is 0.619 bits per heavy atom. The Hall–Kier alpha value is -5.78. The third kappa shape index (κ3) is 3.91. The van der Waals surface area contributed by atoms with E-state index in [1.54, 1.807) is 24.3 Å². The molecule has 0 spiro atoms. The molecule has 2 aromatic heterocycles. The van der Waals surface area contributed by atoms with Gasteiger partial charge in [0.05, 0.1) is 25.3 Å². The number of Topliss-reactive ketones (excluding diaryl/α,β-unsaturated/α-hetero) is 2. The number of benzene rings is 2. The maximum Gasteiger partial charge on any atom is 0.270 e. The van der Waals surface area contributed by atoms with Gasteiger partial charge in [-0.1, -0.05) is 0 Å². The fourth-order valence-corrected chi connectivity index (χ4v) is 7.25. The van der Waals surface area contributed by atoms with Gasteiger partial charge in [0.2, 0.25) is 0 Å². The van der Waals surface area contributed by atoms with Gasteiger partial charge in [0.25, 0.3) is 11.4 Å². The van der Waals surface area contributed by atoms with E-state index >= 15 is 0 Å². The summed E-state index contributed by atoms with van der Waals surface area (Å²) in [6.07, 6.45) is 0. The van der Waals surface area contributed by atoms with Gasteiger partial charge in [-0.2, -0.15) is 0 Å². The van der Waals surface area contributed by atoms with Crippen LogP contribution in [0.15, 0.2) is 72.1 Å². The molecule has 6 rings (SSSR count). The standard InChI is InChI=1S/C32H10F2N4O2S2/c1-37-21(13-35)27-19-11-15(33)3-5-17(19)31(39)29(27)25-9-7-23(41-25)24-8-10-26(42-24)30-28(22(14-36)38-2)20-12-16(34)4-6-18(20)32(30)40/h3-12H/b24-23+,27-21-,28-22+,29-25+,30-26+. The average Bonchev–Trinajstić information content (AvgIpc) is 3.76. The molecule has 10 heteroatoms. The molecular weight excluding hydrogens is 575 g/mol. The Balaban J connectivity index is 1.63. The molecule has 0 saturated carbocycles. The lowest BCUT2D eigenvalue weighted by atomic mass is 10.0. The van der Waals surface area contributed by atoms with Crippen LogP contribution in [0.25, 0.3) is 32.0 Å². The highest BCUT2D eigenvalue weighted by Crippen LogP contribution is 2.41. The maximum absolute atomic E-state index is 14.1. The van der Waals surface area contributed by atoms with E-state index in [2.05, 4.69) is 9.69 Å². The van der Waals surface area contributed by atoms with Gasteiger partial charge >= 0.3 is 0 Å². The lowest BCUT2D eigenvalue weighted by Gasteiger charge is -2.01. The van der Waals surface area contributed by atoms with Crippen LogP contribution < -0.4 is 9.06 Å². The minimum absolute atomic E-state index is 0.0855. The van der Waals surface area contributed by atoms with Crippen molar-refractivity contribution in [2.24, 2.45) is 0 Å². The van der Waals surface area contributed by atoms with E-state index in [1.807, 2.05) is 12.1 Å². The van der Waals surface area contributed by atoms with Crippen molar-refractivity contribution in [1.29, 1.82) is 10.5 Å². The summed E-state index contributed by atoms with van der Waals surface area (Å²) in [4.78, 5) is 33.3. The summed E-state index contributed by atoms with van der Waals surface area (Å²) >= 11 is 2.44. The molecule has 0 amide bonds. The molecule has 0 unspecified atom stereocenters. The first-order chi connectivity index (χ1) is 20.3. The van der Waals surface area contributed by atoms with Gasteiger partial charge in [0.1, 0.15) is 11.6 Å². The van der Waals surface area contributed by atoms with Gasteiger partial charge in [-0.3, -0.25) is 9.59 Å². The van der Waals surface area contributed by atoms with Crippen LogP contribution in [-0.2, 0) is 0 Å². The normalized spacial score (nSPS) is 19.3. The van der Waals surface area contributed by atoms with Crippen LogP contribution in [0.3, 0.4) is 0 Å². The fraction of sp³-hybridized carbons (Fsp3) is 0. The Kier molecular flexibility index (Phi) is 6.30. The lowest BCUT2D eigenvalue weighted by Crippen LogP contribution is -2.06. The predicted octanol–water partition coefficient (Wildman–Crippen LogP) is 5.78. The number of nitrogens with zero attached hydrogens (tertiary/aromatic N) is 4. The molecule has 0 fully saturated rings. The average molecular weight is 585 g/mol. The van der Waals surface area contributed by atoms with Gasteiger partial charge in [-0.25, -0.2) is 29.0 Å². The summed E-state index contributed by atoms with van der Waals surface area (Å²) in [5.74, 6) is -2.05. The molecule has 2 aliphatic carbocycles. The Labute approximate surface area is 243 Å². The highest BCUT2D eigenvalue weighted by Gasteiger charge is 2.35. The summed E-state index contributed by atoms with van der Waals surface area (Å²) < 4.78 is 30.5. The highest BCUT2D eigenvalue weighted by atomic mass is 32.1. The molecule has 2 heterocycles. The second-order valence-electron chi connectivity index (χ2n) is 9.01. The Morgan fingerprint density at radius 3 is 1.36 bits per heavy atom. The van der Waals surface area contributed by atoms with Gasteiger partial charge in [0.15, 0.2) is 11.6 Å². The van der Waals surface area contributed by atoms with Crippen molar-refractivity contribution in [3.8, 4) is 12.1 Å².